The van der Waals surface area contributed by atoms with Gasteiger partial charge in [0.1, 0.15) is 5.82 Å². The number of halogens is 1. The van der Waals surface area contributed by atoms with Crippen molar-refractivity contribution in [1.82, 2.24) is 0 Å². The molecule has 1 aromatic heterocycles. The van der Waals surface area contributed by atoms with Gasteiger partial charge in [-0.3, -0.25) is 4.79 Å². The summed E-state index contributed by atoms with van der Waals surface area (Å²) in [6, 6.07) is 7.89. The number of benzene rings is 1. The van der Waals surface area contributed by atoms with E-state index in [-0.39, 0.29) is 18.3 Å². The van der Waals surface area contributed by atoms with Crippen LogP contribution in [0.4, 0.5) is 10.1 Å². The van der Waals surface area contributed by atoms with E-state index in [1.54, 1.807) is 25.1 Å². The molecule has 0 aliphatic rings. The van der Waals surface area contributed by atoms with Crippen LogP contribution in [-0.2, 0) is 0 Å². The molecular weight excluding hydrogens is 289 g/mol. The summed E-state index contributed by atoms with van der Waals surface area (Å²) in [6.07, 6.45) is 0.411. The Bertz CT molecular complexity index is 713. The van der Waals surface area contributed by atoms with Gasteiger partial charge >= 0.3 is 0 Å². The highest BCUT2D eigenvalue weighted by atomic mass is 32.1. The SMILES string of the molecule is Cc1cc(NC(=O)c2ccc(C#CCCO)s2)ccc1F. The van der Waals surface area contributed by atoms with E-state index in [0.29, 0.717) is 22.5 Å². The maximum absolute atomic E-state index is 13.2. The fourth-order valence-electron chi connectivity index (χ4n) is 1.65. The molecule has 1 heterocycles. The third-order valence-electron chi connectivity index (χ3n) is 2.69. The van der Waals surface area contributed by atoms with Gasteiger partial charge in [-0.25, -0.2) is 4.39 Å². The maximum atomic E-state index is 13.2. The Hall–Kier alpha value is -2.16. The van der Waals surface area contributed by atoms with Crippen LogP contribution in [0.15, 0.2) is 30.3 Å². The average molecular weight is 303 g/mol. The highest BCUT2D eigenvalue weighted by Crippen LogP contribution is 2.19. The van der Waals surface area contributed by atoms with Crippen molar-refractivity contribution < 1.29 is 14.3 Å². The first-order valence-corrected chi connectivity index (χ1v) is 7.19. The molecule has 5 heteroatoms. The first-order chi connectivity index (χ1) is 10.1. The monoisotopic (exact) mass is 303 g/mol. The molecule has 0 aliphatic carbocycles. The second kappa shape index (κ2) is 7.02. The van der Waals surface area contributed by atoms with E-state index in [9.17, 15) is 9.18 Å². The van der Waals surface area contributed by atoms with Gasteiger partial charge in [0.2, 0.25) is 0 Å². The zero-order chi connectivity index (χ0) is 15.2. The lowest BCUT2D eigenvalue weighted by Gasteiger charge is -2.05. The fraction of sp³-hybridized carbons (Fsp3) is 0.188. The molecule has 2 rings (SSSR count). The van der Waals surface area contributed by atoms with Crippen LogP contribution in [0, 0.1) is 24.6 Å². The van der Waals surface area contributed by atoms with Gasteiger partial charge < -0.3 is 10.4 Å². The lowest BCUT2D eigenvalue weighted by atomic mass is 10.2. The Morgan fingerprint density at radius 3 is 2.90 bits per heavy atom. The molecule has 0 saturated carbocycles. The van der Waals surface area contributed by atoms with Crippen molar-refractivity contribution in [2.24, 2.45) is 0 Å². The van der Waals surface area contributed by atoms with Crippen molar-refractivity contribution in [3.63, 3.8) is 0 Å². The van der Waals surface area contributed by atoms with Gasteiger partial charge in [-0.2, -0.15) is 0 Å². The van der Waals surface area contributed by atoms with Gasteiger partial charge in [-0.05, 0) is 42.8 Å². The molecule has 0 spiro atoms. The number of carbonyl (C=O) groups is 1. The Morgan fingerprint density at radius 2 is 2.19 bits per heavy atom. The van der Waals surface area contributed by atoms with Gasteiger partial charge in [-0.15, -0.1) is 11.3 Å². The summed E-state index contributed by atoms with van der Waals surface area (Å²) in [5, 5.41) is 11.4. The van der Waals surface area contributed by atoms with Crippen molar-refractivity contribution in [2.45, 2.75) is 13.3 Å². The van der Waals surface area contributed by atoms with Crippen molar-refractivity contribution >= 4 is 22.9 Å². The lowest BCUT2D eigenvalue weighted by Crippen LogP contribution is -2.10. The number of anilines is 1. The summed E-state index contributed by atoms with van der Waals surface area (Å²) >= 11 is 1.28. The van der Waals surface area contributed by atoms with Crippen LogP contribution in [0.1, 0.15) is 26.5 Å². The van der Waals surface area contributed by atoms with Gasteiger partial charge in [0.05, 0.1) is 16.4 Å². The zero-order valence-electron chi connectivity index (χ0n) is 11.4. The molecule has 3 nitrogen and oxygen atoms in total. The molecule has 0 aliphatic heterocycles. The third kappa shape index (κ3) is 4.15. The zero-order valence-corrected chi connectivity index (χ0v) is 12.3. The molecule has 2 aromatic rings. The number of thiophene rings is 1. The Kier molecular flexibility index (Phi) is 5.09. The molecule has 0 bridgehead atoms. The van der Waals surface area contributed by atoms with E-state index in [0.717, 1.165) is 4.88 Å². The van der Waals surface area contributed by atoms with Crippen molar-refractivity contribution in [3.8, 4) is 11.8 Å². The van der Waals surface area contributed by atoms with Crippen LogP contribution in [-0.4, -0.2) is 17.6 Å². The van der Waals surface area contributed by atoms with Crippen LogP contribution >= 0.6 is 11.3 Å². The number of aliphatic hydroxyl groups excluding tert-OH is 1. The molecule has 0 fully saturated rings. The average Bonchev–Trinajstić information content (AvgIpc) is 2.92. The summed E-state index contributed by atoms with van der Waals surface area (Å²) in [6.45, 7) is 1.67. The standard InChI is InChI=1S/C16H14FNO2S/c1-11-10-12(5-7-14(11)17)18-16(20)15-8-6-13(21-15)4-2-3-9-19/h5-8,10,19H,3,9H2,1H3,(H,18,20). The number of carbonyl (C=O) groups excluding carboxylic acids is 1. The molecule has 2 N–H and O–H groups in total. The number of rotatable bonds is 3. The van der Waals surface area contributed by atoms with Gasteiger partial charge in [0.15, 0.2) is 0 Å². The minimum atomic E-state index is -0.300. The predicted molar refractivity (Wildman–Crippen MR) is 82.0 cm³/mol. The Labute approximate surface area is 126 Å². The van der Waals surface area contributed by atoms with E-state index < -0.39 is 0 Å². The molecule has 0 atom stereocenters. The van der Waals surface area contributed by atoms with Gasteiger partial charge in [0, 0.05) is 12.1 Å². The molecule has 21 heavy (non-hydrogen) atoms. The molecule has 0 unspecified atom stereocenters. The van der Waals surface area contributed by atoms with E-state index in [4.69, 9.17) is 5.11 Å². The smallest absolute Gasteiger partial charge is 0.265 e. The number of aryl methyl sites for hydroxylation is 1. The van der Waals surface area contributed by atoms with E-state index in [2.05, 4.69) is 17.2 Å². The largest absolute Gasteiger partial charge is 0.395 e. The van der Waals surface area contributed by atoms with Crippen LogP contribution in [0.3, 0.4) is 0 Å². The molecule has 108 valence electrons. The normalized spacial score (nSPS) is 9.86. The number of hydrogen-bond donors (Lipinski definition) is 2. The molecule has 0 radical (unpaired) electrons. The van der Waals surface area contributed by atoms with E-state index in [1.165, 1.54) is 23.5 Å². The van der Waals surface area contributed by atoms with Gasteiger partial charge in [0.25, 0.3) is 5.91 Å². The van der Waals surface area contributed by atoms with Crippen molar-refractivity contribution in [1.29, 1.82) is 0 Å². The summed E-state index contributed by atoms with van der Waals surface area (Å²) < 4.78 is 13.2. The maximum Gasteiger partial charge on any atom is 0.265 e. The van der Waals surface area contributed by atoms with E-state index in [1.807, 2.05) is 0 Å². The van der Waals surface area contributed by atoms with Crippen LogP contribution in [0.2, 0.25) is 0 Å². The minimum Gasteiger partial charge on any atom is -0.395 e. The second-order valence-corrected chi connectivity index (χ2v) is 5.44. The van der Waals surface area contributed by atoms with Crippen LogP contribution in [0.5, 0.6) is 0 Å². The Morgan fingerprint density at radius 1 is 1.38 bits per heavy atom. The number of hydrogen-bond acceptors (Lipinski definition) is 3. The highest BCUT2D eigenvalue weighted by Gasteiger charge is 2.09. The van der Waals surface area contributed by atoms with Crippen LogP contribution < -0.4 is 5.32 Å². The van der Waals surface area contributed by atoms with Crippen molar-refractivity contribution in [2.75, 3.05) is 11.9 Å². The summed E-state index contributed by atoms with van der Waals surface area (Å²) in [7, 11) is 0. The lowest BCUT2D eigenvalue weighted by molar-refractivity contribution is 0.103. The number of nitrogens with one attached hydrogen (secondary N) is 1. The minimum absolute atomic E-state index is 0.0234. The number of amides is 1. The highest BCUT2D eigenvalue weighted by molar-refractivity contribution is 7.14. The summed E-state index contributed by atoms with van der Waals surface area (Å²) in [4.78, 5) is 13.4. The second-order valence-electron chi connectivity index (χ2n) is 4.36. The predicted octanol–water partition coefficient (Wildman–Crippen LogP) is 3.18. The Balaban J connectivity index is 2.07. The molecule has 1 amide bonds. The fourth-order valence-corrected chi connectivity index (χ4v) is 2.42. The van der Waals surface area contributed by atoms with E-state index >= 15 is 0 Å². The van der Waals surface area contributed by atoms with Crippen molar-refractivity contribution in [3.05, 3.63) is 51.5 Å². The van der Waals surface area contributed by atoms with Gasteiger partial charge in [-0.1, -0.05) is 11.8 Å². The summed E-state index contributed by atoms with van der Waals surface area (Å²) in [5.74, 6) is 5.13. The third-order valence-corrected chi connectivity index (χ3v) is 3.69. The molecule has 1 aromatic carbocycles. The molecule has 0 saturated heterocycles. The molecular formula is C16H14FNO2S. The topological polar surface area (TPSA) is 49.3 Å². The first kappa shape index (κ1) is 15.2. The quantitative estimate of drug-likeness (QED) is 0.856. The summed E-state index contributed by atoms with van der Waals surface area (Å²) in [5.41, 5.74) is 1.04. The van der Waals surface area contributed by atoms with Crippen LogP contribution in [0.25, 0.3) is 0 Å². The first-order valence-electron chi connectivity index (χ1n) is 6.37. The number of aliphatic hydroxyl groups is 1.